The molecule has 1 heterocycles. The molecule has 0 bridgehead atoms. The maximum absolute atomic E-state index is 12.8. The van der Waals surface area contributed by atoms with Crippen molar-refractivity contribution in [3.8, 4) is 0 Å². The number of carbonyl (C=O) groups is 1. The molecule has 15 heavy (non-hydrogen) atoms. The zero-order valence-electron chi connectivity index (χ0n) is 7.44. The third-order valence-electron chi connectivity index (χ3n) is 1.92. The molecule has 6 heteroatoms. The molecule has 0 fully saturated rings. The number of carboxylic acids is 1. The van der Waals surface area contributed by atoms with E-state index in [2.05, 4.69) is 0 Å². The molecule has 0 aliphatic rings. The van der Waals surface area contributed by atoms with E-state index >= 15 is 0 Å². The molecule has 78 valence electrons. The van der Waals surface area contributed by atoms with Gasteiger partial charge in [-0.05, 0) is 29.7 Å². The summed E-state index contributed by atoms with van der Waals surface area (Å²) in [6, 6.07) is 3.73. The lowest BCUT2D eigenvalue weighted by Crippen LogP contribution is -2.05. The summed E-state index contributed by atoms with van der Waals surface area (Å²) in [6.07, 6.45) is 0. The lowest BCUT2D eigenvalue weighted by atomic mass is 10.2. The van der Waals surface area contributed by atoms with Gasteiger partial charge in [0.05, 0.1) is 10.9 Å². The Balaban J connectivity index is 2.68. The fourth-order valence-corrected chi connectivity index (χ4v) is 2.22. The first-order valence-corrected chi connectivity index (χ1v) is 4.86. The van der Waals surface area contributed by atoms with Crippen molar-refractivity contribution in [2.45, 2.75) is 6.54 Å². The predicted molar refractivity (Wildman–Crippen MR) is 53.7 cm³/mol. The van der Waals surface area contributed by atoms with E-state index < -0.39 is 11.8 Å². The molecule has 0 aliphatic carbocycles. The van der Waals surface area contributed by atoms with Crippen molar-refractivity contribution in [1.29, 1.82) is 0 Å². The first kappa shape index (κ1) is 9.85. The van der Waals surface area contributed by atoms with Gasteiger partial charge in [0.2, 0.25) is 0 Å². The second kappa shape index (κ2) is 3.47. The van der Waals surface area contributed by atoms with Crippen molar-refractivity contribution in [2.75, 3.05) is 0 Å². The van der Waals surface area contributed by atoms with Crippen molar-refractivity contribution < 1.29 is 14.3 Å². The molecule has 1 aromatic heterocycles. The Morgan fingerprint density at radius 3 is 2.93 bits per heavy atom. The van der Waals surface area contributed by atoms with Crippen molar-refractivity contribution >= 4 is 28.4 Å². The maximum atomic E-state index is 12.8. The molecule has 0 saturated heterocycles. The number of aliphatic carboxylic acids is 1. The monoisotopic (exact) mass is 227 g/mol. The Hall–Kier alpha value is -1.69. The average Bonchev–Trinajstić information content (AvgIpc) is 2.42. The van der Waals surface area contributed by atoms with Gasteiger partial charge in [-0.15, -0.1) is 0 Å². The van der Waals surface area contributed by atoms with Crippen molar-refractivity contribution in [1.82, 2.24) is 3.96 Å². The number of benzene rings is 1. The topological polar surface area (TPSA) is 59.3 Å². The lowest BCUT2D eigenvalue weighted by molar-refractivity contribution is -0.137. The Kier molecular flexibility index (Phi) is 2.28. The van der Waals surface area contributed by atoms with E-state index in [1.165, 1.54) is 16.1 Å². The quantitative estimate of drug-likeness (QED) is 0.840. The molecule has 0 aliphatic heterocycles. The Bertz CT molecular complexity index is 587. The van der Waals surface area contributed by atoms with Gasteiger partial charge in [-0.1, -0.05) is 0 Å². The molecular weight excluding hydrogens is 221 g/mol. The van der Waals surface area contributed by atoms with Crippen LogP contribution in [0.3, 0.4) is 0 Å². The van der Waals surface area contributed by atoms with Crippen molar-refractivity contribution in [3.05, 3.63) is 33.6 Å². The molecule has 1 N–H and O–H groups in total. The van der Waals surface area contributed by atoms with Crippen LogP contribution in [0.25, 0.3) is 10.9 Å². The third-order valence-corrected chi connectivity index (χ3v) is 2.85. The number of carboxylic acid groups (broad SMARTS) is 1. The summed E-state index contributed by atoms with van der Waals surface area (Å²) < 4.78 is 13.8. The maximum Gasteiger partial charge on any atom is 0.324 e. The van der Waals surface area contributed by atoms with Crippen LogP contribution in [-0.2, 0) is 11.3 Å². The Morgan fingerprint density at radius 1 is 1.53 bits per heavy atom. The molecule has 1 aromatic carbocycles. The van der Waals surface area contributed by atoms with Crippen LogP contribution in [0.2, 0.25) is 0 Å². The van der Waals surface area contributed by atoms with Crippen LogP contribution in [-0.4, -0.2) is 15.0 Å². The smallest absolute Gasteiger partial charge is 0.324 e. The molecule has 0 saturated carbocycles. The first-order chi connectivity index (χ1) is 7.08. The van der Waals surface area contributed by atoms with Crippen LogP contribution in [0.15, 0.2) is 23.0 Å². The summed E-state index contributed by atoms with van der Waals surface area (Å²) >= 11 is 0.778. The van der Waals surface area contributed by atoms with E-state index in [-0.39, 0.29) is 16.7 Å². The van der Waals surface area contributed by atoms with Gasteiger partial charge in [0.25, 0.3) is 4.74 Å². The van der Waals surface area contributed by atoms with Crippen molar-refractivity contribution in [2.24, 2.45) is 0 Å². The molecule has 0 spiro atoms. The highest BCUT2D eigenvalue weighted by molar-refractivity contribution is 7.05. The largest absolute Gasteiger partial charge is 0.480 e. The molecular formula is C9H6FNO3S. The summed E-state index contributed by atoms with van der Waals surface area (Å²) in [6.45, 7) is -0.283. The third kappa shape index (κ3) is 1.75. The molecule has 0 atom stereocenters. The first-order valence-electron chi connectivity index (χ1n) is 4.09. The number of aromatic nitrogens is 1. The number of nitrogens with zero attached hydrogens (tertiary/aromatic N) is 1. The number of hydrogen-bond acceptors (Lipinski definition) is 3. The minimum Gasteiger partial charge on any atom is -0.480 e. The van der Waals surface area contributed by atoms with Crippen LogP contribution in [0.5, 0.6) is 0 Å². The summed E-state index contributed by atoms with van der Waals surface area (Å²) in [5, 5.41) is 8.82. The fraction of sp³-hybridized carbons (Fsp3) is 0.111. The second-order valence-electron chi connectivity index (χ2n) is 2.97. The van der Waals surface area contributed by atoms with Crippen LogP contribution >= 0.6 is 11.5 Å². The highest BCUT2D eigenvalue weighted by atomic mass is 32.1. The van der Waals surface area contributed by atoms with Gasteiger partial charge in [0.15, 0.2) is 0 Å². The Morgan fingerprint density at radius 2 is 2.27 bits per heavy atom. The van der Waals surface area contributed by atoms with Gasteiger partial charge in [0, 0.05) is 0 Å². The minimum atomic E-state index is -1.03. The summed E-state index contributed by atoms with van der Waals surface area (Å²) in [7, 11) is 0. The van der Waals surface area contributed by atoms with Gasteiger partial charge in [0.1, 0.15) is 12.4 Å². The summed E-state index contributed by atoms with van der Waals surface area (Å²) in [5.41, 5.74) is 0.453. The molecule has 4 nitrogen and oxygen atoms in total. The highest BCUT2D eigenvalue weighted by Crippen LogP contribution is 2.15. The van der Waals surface area contributed by atoms with E-state index in [0.29, 0.717) is 5.52 Å². The van der Waals surface area contributed by atoms with E-state index in [9.17, 15) is 14.0 Å². The molecule has 2 aromatic rings. The number of fused-ring (bicyclic) bond motifs is 1. The normalized spacial score (nSPS) is 10.7. The van der Waals surface area contributed by atoms with Gasteiger partial charge in [-0.3, -0.25) is 13.5 Å². The Labute approximate surface area is 87.3 Å². The fourth-order valence-electron chi connectivity index (χ4n) is 1.33. The highest BCUT2D eigenvalue weighted by Gasteiger charge is 2.10. The lowest BCUT2D eigenvalue weighted by Gasteiger charge is -1.98. The zero-order valence-corrected chi connectivity index (χ0v) is 8.25. The second-order valence-corrected chi connectivity index (χ2v) is 3.96. The van der Waals surface area contributed by atoms with Gasteiger partial charge in [-0.2, -0.15) is 0 Å². The summed E-state index contributed by atoms with van der Waals surface area (Å²) in [5.74, 6) is -1.53. The van der Waals surface area contributed by atoms with Gasteiger partial charge < -0.3 is 5.11 Å². The zero-order chi connectivity index (χ0) is 11.0. The van der Waals surface area contributed by atoms with Crippen molar-refractivity contribution in [3.63, 3.8) is 0 Å². The average molecular weight is 227 g/mol. The predicted octanol–water partition coefficient (Wildman–Crippen LogP) is 1.29. The molecule has 0 unspecified atom stereocenters. The SMILES string of the molecule is O=C(O)Cn1sc(=O)c2cc(F)ccc21. The number of halogens is 1. The van der Waals surface area contributed by atoms with E-state index in [0.717, 1.165) is 17.6 Å². The van der Waals surface area contributed by atoms with E-state index in [4.69, 9.17) is 5.11 Å². The summed E-state index contributed by atoms with van der Waals surface area (Å²) in [4.78, 5) is 21.9. The van der Waals surface area contributed by atoms with Crippen LogP contribution < -0.4 is 4.74 Å². The van der Waals surface area contributed by atoms with Crippen LogP contribution in [0.4, 0.5) is 4.39 Å². The number of hydrogen-bond donors (Lipinski definition) is 1. The van der Waals surface area contributed by atoms with Crippen LogP contribution in [0, 0.1) is 5.82 Å². The van der Waals surface area contributed by atoms with E-state index in [1.54, 1.807) is 0 Å². The van der Waals surface area contributed by atoms with Gasteiger partial charge in [-0.25, -0.2) is 4.39 Å². The van der Waals surface area contributed by atoms with Crippen LogP contribution in [0.1, 0.15) is 0 Å². The standard InChI is InChI=1S/C9H6FNO3S/c10-5-1-2-7-6(3-5)9(14)15-11(7)4-8(12)13/h1-3H,4H2,(H,12,13). The van der Waals surface area contributed by atoms with E-state index in [1.807, 2.05) is 0 Å². The number of rotatable bonds is 2. The van der Waals surface area contributed by atoms with Gasteiger partial charge >= 0.3 is 5.97 Å². The molecule has 2 rings (SSSR count). The molecule has 0 radical (unpaired) electrons. The minimum absolute atomic E-state index is 0.223. The molecule has 0 amide bonds.